The van der Waals surface area contributed by atoms with Crippen LogP contribution in [0.3, 0.4) is 0 Å². The molecule has 3 rings (SSSR count). The number of nitrogens with two attached hydrogens (primary N) is 1. The van der Waals surface area contributed by atoms with Gasteiger partial charge in [0.2, 0.25) is 5.91 Å². The number of aryl methyl sites for hydroxylation is 1. The van der Waals surface area contributed by atoms with Crippen molar-refractivity contribution in [1.29, 1.82) is 0 Å². The molecule has 1 aliphatic heterocycles. The molecule has 0 saturated carbocycles. The molecule has 126 valence electrons. The monoisotopic (exact) mass is 348 g/mol. The Balaban J connectivity index is 1.89. The summed E-state index contributed by atoms with van der Waals surface area (Å²) >= 11 is 6.06. The summed E-state index contributed by atoms with van der Waals surface area (Å²) in [6.45, 7) is 0.545. The van der Waals surface area contributed by atoms with Crippen LogP contribution in [0, 0.1) is 5.92 Å². The summed E-state index contributed by atoms with van der Waals surface area (Å²) in [5.41, 5.74) is 6.58. The van der Waals surface area contributed by atoms with Crippen LogP contribution in [0.5, 0.6) is 5.75 Å². The Hall–Kier alpha value is -2.54. The van der Waals surface area contributed by atoms with Gasteiger partial charge in [-0.15, -0.1) is 0 Å². The maximum Gasteiger partial charge on any atom is 0.255 e. The average molecular weight is 349 g/mol. The molecule has 2 aromatic rings. The molecule has 0 radical (unpaired) electrons. The molecule has 1 aromatic heterocycles. The zero-order chi connectivity index (χ0) is 17.4. The number of phenolic OH excluding ortho intramolecular Hbond substituents is 1. The summed E-state index contributed by atoms with van der Waals surface area (Å²) in [6.07, 6.45) is 3.49. The predicted molar refractivity (Wildman–Crippen MR) is 87.7 cm³/mol. The first kappa shape index (κ1) is 16.3. The number of benzene rings is 1. The molecule has 0 aliphatic carbocycles. The highest BCUT2D eigenvalue weighted by Crippen LogP contribution is 2.34. The lowest BCUT2D eigenvalue weighted by Gasteiger charge is -2.17. The van der Waals surface area contributed by atoms with Gasteiger partial charge in [-0.05, 0) is 23.8 Å². The number of nitrogens with zero attached hydrogens (tertiary/aromatic N) is 3. The first-order valence-corrected chi connectivity index (χ1v) is 7.80. The molecule has 3 N–H and O–H groups in total. The highest BCUT2D eigenvalue weighted by Gasteiger charge is 2.40. The van der Waals surface area contributed by atoms with E-state index in [-0.39, 0.29) is 34.7 Å². The lowest BCUT2D eigenvalue weighted by atomic mass is 9.90. The Labute approximate surface area is 143 Å². The third-order valence-corrected chi connectivity index (χ3v) is 4.64. The van der Waals surface area contributed by atoms with Gasteiger partial charge in [0.25, 0.3) is 5.91 Å². The van der Waals surface area contributed by atoms with Gasteiger partial charge in [0.05, 0.1) is 22.7 Å². The van der Waals surface area contributed by atoms with E-state index in [1.807, 2.05) is 6.20 Å². The summed E-state index contributed by atoms with van der Waals surface area (Å²) in [5.74, 6) is -1.54. The minimum Gasteiger partial charge on any atom is -0.508 e. The van der Waals surface area contributed by atoms with Crippen molar-refractivity contribution in [2.45, 2.75) is 5.92 Å². The van der Waals surface area contributed by atoms with Crippen molar-refractivity contribution < 1.29 is 14.7 Å². The molecule has 1 fully saturated rings. The molecule has 7 nitrogen and oxygen atoms in total. The second-order valence-electron chi connectivity index (χ2n) is 5.94. The number of likely N-dealkylation sites (tertiary alicyclic amines) is 1. The summed E-state index contributed by atoms with van der Waals surface area (Å²) in [5, 5.41) is 14.0. The molecular weight excluding hydrogens is 332 g/mol. The van der Waals surface area contributed by atoms with Gasteiger partial charge in [0.1, 0.15) is 5.75 Å². The molecule has 2 atom stereocenters. The smallest absolute Gasteiger partial charge is 0.255 e. The molecule has 1 aromatic carbocycles. The number of carbonyl (C=O) groups excluding carboxylic acids is 2. The van der Waals surface area contributed by atoms with Crippen molar-refractivity contribution >= 4 is 23.4 Å². The van der Waals surface area contributed by atoms with Crippen LogP contribution < -0.4 is 5.73 Å². The summed E-state index contributed by atoms with van der Waals surface area (Å²) < 4.78 is 1.64. The van der Waals surface area contributed by atoms with Crippen molar-refractivity contribution in [2.24, 2.45) is 18.7 Å². The van der Waals surface area contributed by atoms with Crippen LogP contribution >= 0.6 is 11.6 Å². The topological polar surface area (TPSA) is 101 Å². The number of aromatic nitrogens is 2. The van der Waals surface area contributed by atoms with Crippen molar-refractivity contribution in [1.82, 2.24) is 14.7 Å². The average Bonchev–Trinajstić information content (AvgIpc) is 3.15. The summed E-state index contributed by atoms with van der Waals surface area (Å²) in [6, 6.07) is 4.19. The quantitative estimate of drug-likeness (QED) is 0.867. The lowest BCUT2D eigenvalue weighted by molar-refractivity contribution is -0.121. The van der Waals surface area contributed by atoms with E-state index in [4.69, 9.17) is 17.3 Å². The molecular formula is C16H17ClN4O3. The summed E-state index contributed by atoms with van der Waals surface area (Å²) in [4.78, 5) is 26.1. The number of hydrogen-bond donors (Lipinski definition) is 2. The molecule has 0 bridgehead atoms. The van der Waals surface area contributed by atoms with Crippen LogP contribution in [-0.2, 0) is 11.8 Å². The first-order chi connectivity index (χ1) is 11.4. The van der Waals surface area contributed by atoms with Crippen molar-refractivity contribution in [3.05, 3.63) is 46.7 Å². The van der Waals surface area contributed by atoms with Crippen LogP contribution in [0.1, 0.15) is 21.8 Å². The lowest BCUT2D eigenvalue weighted by Crippen LogP contribution is -2.32. The number of phenols is 1. The van der Waals surface area contributed by atoms with Crippen LogP contribution in [0.4, 0.5) is 0 Å². The first-order valence-electron chi connectivity index (χ1n) is 7.42. The zero-order valence-electron chi connectivity index (χ0n) is 13.0. The Morgan fingerprint density at radius 3 is 2.75 bits per heavy atom. The largest absolute Gasteiger partial charge is 0.508 e. The van der Waals surface area contributed by atoms with Crippen molar-refractivity contribution in [3.8, 4) is 5.75 Å². The number of carbonyl (C=O) groups is 2. The molecule has 2 amide bonds. The fraction of sp³-hybridized carbons (Fsp3) is 0.312. The minimum absolute atomic E-state index is 0.0443. The molecule has 24 heavy (non-hydrogen) atoms. The van der Waals surface area contributed by atoms with E-state index in [1.165, 1.54) is 23.1 Å². The maximum atomic E-state index is 12.7. The summed E-state index contributed by atoms with van der Waals surface area (Å²) in [7, 11) is 1.78. The van der Waals surface area contributed by atoms with Gasteiger partial charge >= 0.3 is 0 Å². The molecule has 0 unspecified atom stereocenters. The zero-order valence-corrected chi connectivity index (χ0v) is 13.8. The van der Waals surface area contributed by atoms with Gasteiger partial charge in [0.15, 0.2) is 0 Å². The normalized spacial score (nSPS) is 20.3. The van der Waals surface area contributed by atoms with E-state index < -0.39 is 11.8 Å². The Bertz CT molecular complexity index is 804. The molecule has 1 aliphatic rings. The fourth-order valence-electron chi connectivity index (χ4n) is 3.07. The molecule has 2 heterocycles. The second-order valence-corrected chi connectivity index (χ2v) is 6.34. The second kappa shape index (κ2) is 6.16. The Kier molecular flexibility index (Phi) is 4.19. The van der Waals surface area contributed by atoms with Gasteiger partial charge < -0.3 is 15.7 Å². The number of aromatic hydroxyl groups is 1. The van der Waals surface area contributed by atoms with E-state index in [9.17, 15) is 14.7 Å². The number of halogens is 1. The van der Waals surface area contributed by atoms with E-state index in [0.29, 0.717) is 6.54 Å². The third kappa shape index (κ3) is 2.94. The Morgan fingerprint density at radius 1 is 1.38 bits per heavy atom. The van der Waals surface area contributed by atoms with Crippen LogP contribution in [0.15, 0.2) is 30.6 Å². The van der Waals surface area contributed by atoms with Crippen LogP contribution in [0.25, 0.3) is 0 Å². The van der Waals surface area contributed by atoms with Gasteiger partial charge in [-0.2, -0.15) is 5.10 Å². The molecule has 8 heteroatoms. The highest BCUT2D eigenvalue weighted by molar-refractivity contribution is 6.33. The maximum absolute atomic E-state index is 12.7. The van der Waals surface area contributed by atoms with E-state index in [1.54, 1.807) is 17.9 Å². The van der Waals surface area contributed by atoms with E-state index in [0.717, 1.165) is 5.56 Å². The minimum atomic E-state index is -0.491. The van der Waals surface area contributed by atoms with Crippen LogP contribution in [0.2, 0.25) is 5.02 Å². The Morgan fingerprint density at radius 2 is 2.12 bits per heavy atom. The van der Waals surface area contributed by atoms with Crippen molar-refractivity contribution in [2.75, 3.05) is 13.1 Å². The van der Waals surface area contributed by atoms with Gasteiger partial charge in [-0.25, -0.2) is 0 Å². The number of hydrogen-bond acceptors (Lipinski definition) is 4. The standard InChI is InChI=1S/C16H17ClN4O3/c1-20-6-9(5-19-20)12-7-21(8-13(12)15(18)23)16(24)11-4-10(22)2-3-14(11)17/h2-6,12-13,22H,7-8H2,1H3,(H2,18,23)/t12-,13+/m0/s1. The molecule has 0 spiro atoms. The van der Waals surface area contributed by atoms with Gasteiger partial charge in [0, 0.05) is 32.3 Å². The van der Waals surface area contributed by atoms with E-state index >= 15 is 0 Å². The fourth-order valence-corrected chi connectivity index (χ4v) is 3.27. The molecule has 1 saturated heterocycles. The number of amides is 2. The van der Waals surface area contributed by atoms with E-state index in [2.05, 4.69) is 5.10 Å². The highest BCUT2D eigenvalue weighted by atomic mass is 35.5. The predicted octanol–water partition coefficient (Wildman–Crippen LogP) is 1.12. The van der Waals surface area contributed by atoms with Gasteiger partial charge in [-0.1, -0.05) is 11.6 Å². The van der Waals surface area contributed by atoms with Crippen LogP contribution in [-0.4, -0.2) is 44.7 Å². The van der Waals surface area contributed by atoms with Crippen molar-refractivity contribution in [3.63, 3.8) is 0 Å². The number of primary amides is 1. The number of rotatable bonds is 3. The third-order valence-electron chi connectivity index (χ3n) is 4.31. The SMILES string of the molecule is Cn1cc([C@@H]2CN(C(=O)c3cc(O)ccc3Cl)C[C@H]2C(N)=O)cn1. The van der Waals surface area contributed by atoms with Gasteiger partial charge in [-0.3, -0.25) is 14.3 Å².